The zero-order chi connectivity index (χ0) is 10.1. The fourth-order valence-electron chi connectivity index (χ4n) is 1.65. The lowest BCUT2D eigenvalue weighted by Gasteiger charge is -2.38. The molecule has 0 fully saturated rings. The van der Waals surface area contributed by atoms with E-state index in [0.717, 1.165) is 3.58 Å². The van der Waals surface area contributed by atoms with E-state index in [0.29, 0.717) is 6.42 Å². The quantitative estimate of drug-likeness (QED) is 0.577. The zero-order valence-corrected chi connectivity index (χ0v) is 10.1. The van der Waals surface area contributed by atoms with Crippen LogP contribution >= 0.6 is 22.6 Å². The van der Waals surface area contributed by atoms with E-state index in [-0.39, 0.29) is 11.7 Å². The predicted octanol–water partition coefficient (Wildman–Crippen LogP) is 1.90. The summed E-state index contributed by atoms with van der Waals surface area (Å²) in [5, 5.41) is 0. The lowest BCUT2D eigenvalue weighted by Crippen LogP contribution is -2.44. The second-order valence-corrected chi connectivity index (χ2v) is 4.30. The fourth-order valence-corrected chi connectivity index (χ4v) is 2.97. The van der Waals surface area contributed by atoms with E-state index in [1.54, 1.807) is 20.3 Å². The van der Waals surface area contributed by atoms with E-state index < -0.39 is 5.79 Å². The van der Waals surface area contributed by atoms with Crippen LogP contribution in [0.2, 0.25) is 0 Å². The van der Waals surface area contributed by atoms with Crippen LogP contribution in [0, 0.1) is 5.92 Å². The zero-order valence-electron chi connectivity index (χ0n) is 7.96. The van der Waals surface area contributed by atoms with E-state index in [2.05, 4.69) is 22.6 Å². The largest absolute Gasteiger partial charge is 0.349 e. The monoisotopic (exact) mass is 296 g/mol. The van der Waals surface area contributed by atoms with E-state index in [1.807, 2.05) is 6.92 Å². The highest BCUT2D eigenvalue weighted by Gasteiger charge is 2.43. The number of methoxy groups -OCH3 is 2. The smallest absolute Gasteiger partial charge is 0.203 e. The minimum absolute atomic E-state index is 0.0619. The van der Waals surface area contributed by atoms with Crippen molar-refractivity contribution in [3.8, 4) is 0 Å². The summed E-state index contributed by atoms with van der Waals surface area (Å²) < 4.78 is 11.5. The molecular formula is C9H13IO3. The lowest BCUT2D eigenvalue weighted by molar-refractivity contribution is -0.206. The molecule has 0 amide bonds. The van der Waals surface area contributed by atoms with Gasteiger partial charge < -0.3 is 9.47 Å². The molecule has 4 heteroatoms. The first-order chi connectivity index (χ1) is 6.06. The Labute approximate surface area is 91.6 Å². The summed E-state index contributed by atoms with van der Waals surface area (Å²) >= 11 is 2.09. The first kappa shape index (κ1) is 11.1. The van der Waals surface area contributed by atoms with Crippen LogP contribution in [0.3, 0.4) is 0 Å². The third kappa shape index (κ3) is 1.80. The Morgan fingerprint density at radius 1 is 1.54 bits per heavy atom. The second kappa shape index (κ2) is 4.06. The number of hydrogen-bond acceptors (Lipinski definition) is 3. The molecule has 0 unspecified atom stereocenters. The Hall–Kier alpha value is 0.0600. The van der Waals surface area contributed by atoms with Gasteiger partial charge in [-0.2, -0.15) is 0 Å². The fraction of sp³-hybridized carbons (Fsp3) is 0.667. The SMILES string of the molecule is COC1(OC)C(I)=CC(=O)C[C@@H]1C. The normalized spacial score (nSPS) is 27.2. The molecule has 0 radical (unpaired) electrons. The van der Waals surface area contributed by atoms with Gasteiger partial charge in [0.05, 0.1) is 3.58 Å². The van der Waals surface area contributed by atoms with Gasteiger partial charge in [0, 0.05) is 26.6 Å². The molecule has 0 N–H and O–H groups in total. The molecule has 0 spiro atoms. The standard InChI is InChI=1S/C9H13IO3/c1-6-4-7(11)5-8(10)9(6,12-2)13-3/h5-6H,4H2,1-3H3/t6-/m0/s1. The molecule has 3 nitrogen and oxygen atoms in total. The summed E-state index contributed by atoms with van der Waals surface area (Å²) in [6.45, 7) is 1.95. The molecule has 0 saturated heterocycles. The van der Waals surface area contributed by atoms with Crippen molar-refractivity contribution in [3.63, 3.8) is 0 Å². The van der Waals surface area contributed by atoms with Crippen LogP contribution in [-0.4, -0.2) is 25.8 Å². The molecule has 0 heterocycles. The molecule has 0 aromatic heterocycles. The molecule has 0 saturated carbocycles. The van der Waals surface area contributed by atoms with Crippen LogP contribution in [0.4, 0.5) is 0 Å². The minimum atomic E-state index is -0.714. The summed E-state index contributed by atoms with van der Waals surface area (Å²) in [6, 6.07) is 0. The molecule has 0 aromatic carbocycles. The third-order valence-corrected chi connectivity index (χ3v) is 3.45. The van der Waals surface area contributed by atoms with Crippen molar-refractivity contribution in [2.24, 2.45) is 5.92 Å². The molecule has 0 aromatic rings. The van der Waals surface area contributed by atoms with Gasteiger partial charge in [-0.25, -0.2) is 0 Å². The van der Waals surface area contributed by atoms with Gasteiger partial charge >= 0.3 is 0 Å². The molecular weight excluding hydrogens is 283 g/mol. The van der Waals surface area contributed by atoms with E-state index in [4.69, 9.17) is 9.47 Å². The summed E-state index contributed by atoms with van der Waals surface area (Å²) in [4.78, 5) is 11.2. The highest BCUT2D eigenvalue weighted by Crippen LogP contribution is 2.39. The van der Waals surface area contributed by atoms with Gasteiger partial charge in [0.2, 0.25) is 5.79 Å². The number of carbonyl (C=O) groups is 1. The maximum atomic E-state index is 11.2. The predicted molar refractivity (Wildman–Crippen MR) is 57.6 cm³/mol. The van der Waals surface area contributed by atoms with Crippen LogP contribution in [0.5, 0.6) is 0 Å². The van der Waals surface area contributed by atoms with Crippen molar-refractivity contribution in [2.45, 2.75) is 19.1 Å². The van der Waals surface area contributed by atoms with Crippen LogP contribution in [0.15, 0.2) is 9.66 Å². The summed E-state index contributed by atoms with van der Waals surface area (Å²) in [5.41, 5.74) is 0. The van der Waals surface area contributed by atoms with E-state index in [9.17, 15) is 4.79 Å². The van der Waals surface area contributed by atoms with Crippen molar-refractivity contribution >= 4 is 28.4 Å². The molecule has 1 aliphatic carbocycles. The molecule has 1 aliphatic rings. The molecule has 1 rings (SSSR count). The molecule has 0 bridgehead atoms. The minimum Gasteiger partial charge on any atom is -0.349 e. The molecule has 0 aliphatic heterocycles. The number of rotatable bonds is 2. The topological polar surface area (TPSA) is 35.5 Å². The van der Waals surface area contributed by atoms with Crippen LogP contribution in [0.1, 0.15) is 13.3 Å². The second-order valence-electron chi connectivity index (χ2n) is 3.14. The van der Waals surface area contributed by atoms with Gasteiger partial charge in [0.15, 0.2) is 5.78 Å². The number of allylic oxidation sites excluding steroid dienone is 1. The molecule has 74 valence electrons. The number of halogens is 1. The number of ether oxygens (including phenoxy) is 2. The maximum absolute atomic E-state index is 11.2. The van der Waals surface area contributed by atoms with Gasteiger partial charge in [-0.3, -0.25) is 4.79 Å². The summed E-state index contributed by atoms with van der Waals surface area (Å²) in [5.74, 6) is -0.511. The maximum Gasteiger partial charge on any atom is 0.203 e. The molecule has 1 atom stereocenters. The highest BCUT2D eigenvalue weighted by molar-refractivity contribution is 14.1. The van der Waals surface area contributed by atoms with Crippen molar-refractivity contribution in [3.05, 3.63) is 9.66 Å². The average Bonchev–Trinajstić information content (AvgIpc) is 2.05. The van der Waals surface area contributed by atoms with Gasteiger partial charge in [-0.05, 0) is 28.7 Å². The Kier molecular flexibility index (Phi) is 3.48. The van der Waals surface area contributed by atoms with Crippen molar-refractivity contribution in [1.82, 2.24) is 0 Å². The number of ketones is 1. The van der Waals surface area contributed by atoms with Crippen molar-refractivity contribution < 1.29 is 14.3 Å². The van der Waals surface area contributed by atoms with Crippen molar-refractivity contribution in [1.29, 1.82) is 0 Å². The number of carbonyl (C=O) groups excluding carboxylic acids is 1. The Bertz CT molecular complexity index is 243. The molecule has 13 heavy (non-hydrogen) atoms. The highest BCUT2D eigenvalue weighted by atomic mass is 127. The van der Waals surface area contributed by atoms with Crippen LogP contribution < -0.4 is 0 Å². The average molecular weight is 296 g/mol. The van der Waals surface area contributed by atoms with Gasteiger partial charge in [0.25, 0.3) is 0 Å². The Balaban J connectivity index is 3.06. The Morgan fingerprint density at radius 2 is 2.08 bits per heavy atom. The summed E-state index contributed by atoms with van der Waals surface area (Å²) in [7, 11) is 3.20. The first-order valence-electron chi connectivity index (χ1n) is 4.07. The first-order valence-corrected chi connectivity index (χ1v) is 5.15. The van der Waals surface area contributed by atoms with Gasteiger partial charge in [-0.1, -0.05) is 6.92 Å². The van der Waals surface area contributed by atoms with Crippen LogP contribution in [0.25, 0.3) is 0 Å². The number of hydrogen-bond donors (Lipinski definition) is 0. The lowest BCUT2D eigenvalue weighted by atomic mass is 9.89. The third-order valence-electron chi connectivity index (χ3n) is 2.38. The summed E-state index contributed by atoms with van der Waals surface area (Å²) in [6.07, 6.45) is 2.07. The van der Waals surface area contributed by atoms with E-state index >= 15 is 0 Å². The van der Waals surface area contributed by atoms with Crippen molar-refractivity contribution in [2.75, 3.05) is 14.2 Å². The van der Waals surface area contributed by atoms with E-state index in [1.165, 1.54) is 0 Å². The van der Waals surface area contributed by atoms with Crippen LogP contribution in [-0.2, 0) is 14.3 Å². The Morgan fingerprint density at radius 3 is 2.46 bits per heavy atom. The van der Waals surface area contributed by atoms with Gasteiger partial charge in [0.1, 0.15) is 0 Å². The van der Waals surface area contributed by atoms with Gasteiger partial charge in [-0.15, -0.1) is 0 Å².